The molecule has 0 aliphatic carbocycles. The molecular formula is C26H30N2O4. The molecule has 1 aliphatic rings. The summed E-state index contributed by atoms with van der Waals surface area (Å²) in [5.41, 5.74) is 2.22. The third-order valence-corrected chi connectivity index (χ3v) is 6.10. The number of carbonyl (C=O) groups excluding carboxylic acids is 1. The van der Waals surface area contributed by atoms with Crippen molar-refractivity contribution in [2.45, 2.75) is 32.7 Å². The van der Waals surface area contributed by atoms with Crippen molar-refractivity contribution in [3.63, 3.8) is 0 Å². The molecule has 0 radical (unpaired) electrons. The molecule has 1 amide bonds. The van der Waals surface area contributed by atoms with Crippen molar-refractivity contribution in [3.05, 3.63) is 76.1 Å². The van der Waals surface area contributed by atoms with E-state index in [0.717, 1.165) is 41.8 Å². The monoisotopic (exact) mass is 434 g/mol. The Morgan fingerprint density at radius 1 is 1.03 bits per heavy atom. The van der Waals surface area contributed by atoms with Gasteiger partial charge in [-0.2, -0.15) is 0 Å². The maximum Gasteiger partial charge on any atom is 0.336 e. The number of nitrogens with zero attached hydrogens (tertiary/aromatic N) is 2. The molecule has 3 aromatic rings. The fourth-order valence-corrected chi connectivity index (χ4v) is 4.42. The van der Waals surface area contributed by atoms with Crippen molar-refractivity contribution in [2.75, 3.05) is 32.8 Å². The van der Waals surface area contributed by atoms with Crippen LogP contribution >= 0.6 is 0 Å². The number of carbonyl (C=O) groups is 1. The minimum Gasteiger partial charge on any atom is -0.494 e. The van der Waals surface area contributed by atoms with Crippen LogP contribution in [0.5, 0.6) is 5.75 Å². The second-order valence-electron chi connectivity index (χ2n) is 8.15. The molecule has 0 spiro atoms. The fraction of sp³-hybridized carbons (Fsp3) is 0.385. The molecule has 1 aliphatic heterocycles. The normalized spacial score (nSPS) is 15.6. The Kier molecular flexibility index (Phi) is 6.90. The molecule has 32 heavy (non-hydrogen) atoms. The summed E-state index contributed by atoms with van der Waals surface area (Å²) >= 11 is 0. The zero-order valence-electron chi connectivity index (χ0n) is 18.8. The first kappa shape index (κ1) is 22.1. The van der Waals surface area contributed by atoms with E-state index in [1.807, 2.05) is 54.3 Å². The van der Waals surface area contributed by atoms with Crippen molar-refractivity contribution in [1.29, 1.82) is 0 Å². The van der Waals surface area contributed by atoms with Gasteiger partial charge in [0.15, 0.2) is 0 Å². The average molecular weight is 435 g/mol. The first-order valence-corrected chi connectivity index (χ1v) is 11.3. The molecule has 0 N–H and O–H groups in total. The Morgan fingerprint density at radius 3 is 2.47 bits per heavy atom. The lowest BCUT2D eigenvalue weighted by atomic mass is 9.95. The van der Waals surface area contributed by atoms with Crippen LogP contribution < -0.4 is 10.4 Å². The first-order chi connectivity index (χ1) is 15.6. The van der Waals surface area contributed by atoms with E-state index in [0.29, 0.717) is 31.8 Å². The summed E-state index contributed by atoms with van der Waals surface area (Å²) in [5, 5.41) is 0.893. The first-order valence-electron chi connectivity index (χ1n) is 11.3. The molecule has 168 valence electrons. The van der Waals surface area contributed by atoms with Gasteiger partial charge in [-0.3, -0.25) is 9.69 Å². The molecule has 1 atom stereocenters. The zero-order chi connectivity index (χ0) is 22.5. The Hall–Kier alpha value is -3.12. The summed E-state index contributed by atoms with van der Waals surface area (Å²) < 4.78 is 11.0. The van der Waals surface area contributed by atoms with E-state index in [4.69, 9.17) is 9.15 Å². The number of fused-ring (bicyclic) bond motifs is 1. The van der Waals surface area contributed by atoms with E-state index in [1.165, 1.54) is 0 Å². The largest absolute Gasteiger partial charge is 0.494 e. The summed E-state index contributed by atoms with van der Waals surface area (Å²) in [6, 6.07) is 17.1. The van der Waals surface area contributed by atoms with Crippen molar-refractivity contribution in [2.24, 2.45) is 0 Å². The molecule has 0 bridgehead atoms. The van der Waals surface area contributed by atoms with Gasteiger partial charge in [-0.1, -0.05) is 37.3 Å². The van der Waals surface area contributed by atoms with E-state index in [1.54, 1.807) is 12.1 Å². The van der Waals surface area contributed by atoms with Gasteiger partial charge in [-0.05, 0) is 42.7 Å². The molecular weight excluding hydrogens is 404 g/mol. The van der Waals surface area contributed by atoms with Crippen LogP contribution in [0.3, 0.4) is 0 Å². The van der Waals surface area contributed by atoms with Gasteiger partial charge in [0.2, 0.25) is 5.91 Å². The minimum atomic E-state index is -0.348. The fourth-order valence-electron chi connectivity index (χ4n) is 4.42. The zero-order valence-corrected chi connectivity index (χ0v) is 18.8. The highest BCUT2D eigenvalue weighted by Gasteiger charge is 2.27. The molecule has 1 fully saturated rings. The van der Waals surface area contributed by atoms with Crippen LogP contribution in [0.15, 0.2) is 63.8 Å². The van der Waals surface area contributed by atoms with Gasteiger partial charge < -0.3 is 14.1 Å². The number of rotatable bonds is 7. The van der Waals surface area contributed by atoms with Gasteiger partial charge in [0, 0.05) is 44.2 Å². The number of amides is 1. The lowest BCUT2D eigenvalue weighted by molar-refractivity contribution is -0.134. The smallest absolute Gasteiger partial charge is 0.336 e. The summed E-state index contributed by atoms with van der Waals surface area (Å²) in [7, 11) is 0. The highest BCUT2D eigenvalue weighted by Crippen LogP contribution is 2.26. The number of benzene rings is 2. The van der Waals surface area contributed by atoms with Crippen LogP contribution in [0, 0.1) is 0 Å². The quantitative estimate of drug-likeness (QED) is 0.526. The van der Waals surface area contributed by atoms with Crippen molar-refractivity contribution >= 4 is 16.9 Å². The second-order valence-corrected chi connectivity index (χ2v) is 8.15. The van der Waals surface area contributed by atoms with Crippen LogP contribution in [0.1, 0.15) is 37.3 Å². The molecule has 2 aromatic carbocycles. The van der Waals surface area contributed by atoms with Gasteiger partial charge in [-0.25, -0.2) is 4.79 Å². The second kappa shape index (κ2) is 10.0. The van der Waals surface area contributed by atoms with E-state index >= 15 is 0 Å². The Bertz CT molecular complexity index is 1120. The SMILES string of the molecule is CCOc1ccc2oc(=O)cc(CN3CCN(C(=O)[C@H](CC)c4ccccc4)CC3)c2c1. The maximum absolute atomic E-state index is 13.2. The minimum absolute atomic E-state index is 0.0950. The Morgan fingerprint density at radius 2 is 1.78 bits per heavy atom. The predicted octanol–water partition coefficient (Wildman–Crippen LogP) is 4.03. The standard InChI is InChI=1S/C26H30N2O4/c1-3-22(19-8-6-5-7-9-19)26(30)28-14-12-27(13-15-28)18-20-16-25(29)32-24-11-10-21(31-4-2)17-23(20)24/h5-11,16-17,22H,3-4,12-15,18H2,1-2H3/t22-/m1/s1. The van der Waals surface area contributed by atoms with Crippen LogP contribution in [0.25, 0.3) is 11.0 Å². The maximum atomic E-state index is 13.2. The number of piperazine rings is 1. The van der Waals surface area contributed by atoms with Gasteiger partial charge in [0.25, 0.3) is 0 Å². The third-order valence-electron chi connectivity index (χ3n) is 6.10. The Labute approximate surface area is 188 Å². The molecule has 0 unspecified atom stereocenters. The summed E-state index contributed by atoms with van der Waals surface area (Å²) in [6.45, 7) is 8.13. The summed E-state index contributed by atoms with van der Waals surface area (Å²) in [6.07, 6.45) is 0.789. The molecule has 1 aromatic heterocycles. The van der Waals surface area contributed by atoms with E-state index in [9.17, 15) is 9.59 Å². The lowest BCUT2D eigenvalue weighted by Crippen LogP contribution is -2.49. The van der Waals surface area contributed by atoms with E-state index < -0.39 is 0 Å². The van der Waals surface area contributed by atoms with Crippen molar-refractivity contribution in [1.82, 2.24) is 9.80 Å². The van der Waals surface area contributed by atoms with Gasteiger partial charge in [-0.15, -0.1) is 0 Å². The summed E-state index contributed by atoms with van der Waals surface area (Å²) in [4.78, 5) is 29.5. The van der Waals surface area contributed by atoms with Crippen LogP contribution in [0.4, 0.5) is 0 Å². The van der Waals surface area contributed by atoms with Crippen molar-refractivity contribution < 1.29 is 13.9 Å². The average Bonchev–Trinajstić information content (AvgIpc) is 2.81. The Balaban J connectivity index is 1.45. The van der Waals surface area contributed by atoms with Gasteiger partial charge >= 0.3 is 5.63 Å². The number of ether oxygens (including phenoxy) is 1. The number of hydrogen-bond acceptors (Lipinski definition) is 5. The predicted molar refractivity (Wildman–Crippen MR) is 125 cm³/mol. The van der Waals surface area contributed by atoms with Crippen molar-refractivity contribution in [3.8, 4) is 5.75 Å². The van der Waals surface area contributed by atoms with Gasteiger partial charge in [0.05, 0.1) is 12.5 Å². The molecule has 6 nitrogen and oxygen atoms in total. The van der Waals surface area contributed by atoms with Crippen LogP contribution in [-0.4, -0.2) is 48.5 Å². The highest BCUT2D eigenvalue weighted by atomic mass is 16.5. The lowest BCUT2D eigenvalue weighted by Gasteiger charge is -2.36. The van der Waals surface area contributed by atoms with Crippen LogP contribution in [-0.2, 0) is 11.3 Å². The molecule has 4 rings (SSSR count). The van der Waals surface area contributed by atoms with Crippen LogP contribution in [0.2, 0.25) is 0 Å². The number of hydrogen-bond donors (Lipinski definition) is 0. The molecule has 0 saturated carbocycles. The summed E-state index contributed by atoms with van der Waals surface area (Å²) in [5.74, 6) is 0.866. The molecule has 2 heterocycles. The van der Waals surface area contributed by atoms with E-state index in [-0.39, 0.29) is 17.5 Å². The highest BCUT2D eigenvalue weighted by molar-refractivity contribution is 5.84. The molecule has 1 saturated heterocycles. The third kappa shape index (κ3) is 4.86. The topological polar surface area (TPSA) is 63.0 Å². The van der Waals surface area contributed by atoms with Gasteiger partial charge in [0.1, 0.15) is 11.3 Å². The molecule has 6 heteroatoms. The van der Waals surface area contributed by atoms with E-state index in [2.05, 4.69) is 11.8 Å².